The van der Waals surface area contributed by atoms with Crippen LogP contribution in [0.4, 0.5) is 0 Å². The van der Waals surface area contributed by atoms with E-state index in [0.717, 1.165) is 44.9 Å². The molecular weight excluding hydrogens is 318 g/mol. The summed E-state index contributed by atoms with van der Waals surface area (Å²) in [5.41, 5.74) is 0.380. The third-order valence-electron chi connectivity index (χ3n) is 5.94. The summed E-state index contributed by atoms with van der Waals surface area (Å²) in [6.45, 7) is 9.52. The zero-order valence-corrected chi connectivity index (χ0v) is 17.2. The average molecular weight is 358 g/mol. The summed E-state index contributed by atoms with van der Waals surface area (Å²) in [5, 5.41) is 0. The first-order chi connectivity index (χ1) is 11.8. The molecule has 1 spiro atoms. The average Bonchev–Trinajstić information content (AvgIpc) is 2.82. The van der Waals surface area contributed by atoms with E-state index >= 15 is 0 Å². The number of ether oxygens (including phenoxy) is 4. The Balaban J connectivity index is 1.77. The minimum absolute atomic E-state index is 0.173. The molecule has 5 nitrogen and oxygen atoms in total. The SMILES string of the molecule is COC(CN(C)CCC1COC2(CCCC(C(C)(C)C)CC2)O1)OC. The maximum Gasteiger partial charge on any atom is 0.169 e. The van der Waals surface area contributed by atoms with Gasteiger partial charge in [0.05, 0.1) is 12.7 Å². The van der Waals surface area contributed by atoms with Crippen LogP contribution < -0.4 is 0 Å². The Kier molecular flexibility index (Phi) is 7.71. The highest BCUT2D eigenvalue weighted by Crippen LogP contribution is 2.43. The van der Waals surface area contributed by atoms with Gasteiger partial charge in [-0.3, -0.25) is 0 Å². The molecular formula is C20H39NO4. The molecule has 0 aromatic carbocycles. The van der Waals surface area contributed by atoms with Gasteiger partial charge in [0.2, 0.25) is 0 Å². The van der Waals surface area contributed by atoms with Crippen molar-refractivity contribution in [2.75, 3.05) is 41.0 Å². The maximum absolute atomic E-state index is 6.43. The van der Waals surface area contributed by atoms with Gasteiger partial charge >= 0.3 is 0 Å². The Morgan fingerprint density at radius 1 is 1.16 bits per heavy atom. The molecule has 0 N–H and O–H groups in total. The number of methoxy groups -OCH3 is 2. The lowest BCUT2D eigenvalue weighted by molar-refractivity contribution is -0.177. The first-order valence-corrected chi connectivity index (χ1v) is 9.84. The van der Waals surface area contributed by atoms with E-state index in [0.29, 0.717) is 5.41 Å². The normalized spacial score (nSPS) is 31.2. The minimum atomic E-state index is -0.315. The molecule has 5 heteroatoms. The van der Waals surface area contributed by atoms with Crippen LogP contribution in [0.5, 0.6) is 0 Å². The minimum Gasteiger partial charge on any atom is -0.355 e. The molecule has 1 aliphatic heterocycles. The van der Waals surface area contributed by atoms with Crippen LogP contribution in [-0.4, -0.2) is 64.0 Å². The van der Waals surface area contributed by atoms with E-state index in [9.17, 15) is 0 Å². The van der Waals surface area contributed by atoms with E-state index in [1.54, 1.807) is 14.2 Å². The van der Waals surface area contributed by atoms with Crippen molar-refractivity contribution in [1.29, 1.82) is 0 Å². The highest BCUT2D eigenvalue weighted by atomic mass is 16.7. The second-order valence-corrected chi connectivity index (χ2v) is 8.91. The predicted octanol–water partition coefficient (Wildman–Crippen LogP) is 3.67. The third kappa shape index (κ3) is 6.17. The fraction of sp³-hybridized carbons (Fsp3) is 1.00. The van der Waals surface area contributed by atoms with Gasteiger partial charge in [-0.15, -0.1) is 0 Å². The predicted molar refractivity (Wildman–Crippen MR) is 99.5 cm³/mol. The van der Waals surface area contributed by atoms with E-state index in [2.05, 4.69) is 32.7 Å². The summed E-state index contributed by atoms with van der Waals surface area (Å²) in [6, 6.07) is 0. The van der Waals surface area contributed by atoms with Gasteiger partial charge in [0.15, 0.2) is 12.1 Å². The monoisotopic (exact) mass is 357 g/mol. The van der Waals surface area contributed by atoms with Crippen molar-refractivity contribution < 1.29 is 18.9 Å². The van der Waals surface area contributed by atoms with Crippen LogP contribution in [0, 0.1) is 11.3 Å². The van der Waals surface area contributed by atoms with E-state index in [1.165, 1.54) is 19.3 Å². The molecule has 1 heterocycles. The van der Waals surface area contributed by atoms with Crippen LogP contribution in [0.25, 0.3) is 0 Å². The summed E-state index contributed by atoms with van der Waals surface area (Å²) in [5.74, 6) is 0.453. The number of likely N-dealkylation sites (N-methyl/N-ethyl adjacent to an activating group) is 1. The molecule has 1 saturated heterocycles. The van der Waals surface area contributed by atoms with E-state index < -0.39 is 0 Å². The number of nitrogens with zero attached hydrogens (tertiary/aromatic N) is 1. The standard InChI is InChI=1S/C20H39NO4/c1-19(2,3)16-8-7-11-20(12-9-16)24-15-17(25-20)10-13-21(4)14-18(22-5)23-6/h16-18H,7-15H2,1-6H3. The molecule has 0 aromatic heterocycles. The summed E-state index contributed by atoms with van der Waals surface area (Å²) in [4.78, 5) is 2.23. The molecule has 25 heavy (non-hydrogen) atoms. The van der Waals surface area contributed by atoms with Crippen LogP contribution in [-0.2, 0) is 18.9 Å². The molecule has 2 fully saturated rings. The Hall–Kier alpha value is -0.200. The van der Waals surface area contributed by atoms with E-state index in [4.69, 9.17) is 18.9 Å². The van der Waals surface area contributed by atoms with E-state index in [-0.39, 0.29) is 18.2 Å². The topological polar surface area (TPSA) is 40.2 Å². The molecule has 148 valence electrons. The number of hydrogen-bond acceptors (Lipinski definition) is 5. The van der Waals surface area contributed by atoms with Gasteiger partial charge in [0, 0.05) is 40.2 Å². The number of hydrogen-bond donors (Lipinski definition) is 0. The molecule has 3 unspecified atom stereocenters. The second-order valence-electron chi connectivity index (χ2n) is 8.91. The highest BCUT2D eigenvalue weighted by Gasteiger charge is 2.43. The Bertz CT molecular complexity index is 394. The molecule has 2 aliphatic rings. The van der Waals surface area contributed by atoms with Gasteiger partial charge in [0.25, 0.3) is 0 Å². The molecule has 1 saturated carbocycles. The van der Waals surface area contributed by atoms with Crippen molar-refractivity contribution in [3.05, 3.63) is 0 Å². The van der Waals surface area contributed by atoms with Gasteiger partial charge in [-0.05, 0) is 44.1 Å². The fourth-order valence-corrected chi connectivity index (χ4v) is 4.12. The maximum atomic E-state index is 6.43. The molecule has 0 amide bonds. The lowest BCUT2D eigenvalue weighted by Crippen LogP contribution is -2.34. The fourth-order valence-electron chi connectivity index (χ4n) is 4.12. The Morgan fingerprint density at radius 2 is 1.88 bits per heavy atom. The molecule has 2 rings (SSSR count). The summed E-state index contributed by atoms with van der Waals surface area (Å²) in [6.07, 6.45) is 6.81. The Morgan fingerprint density at radius 3 is 2.52 bits per heavy atom. The van der Waals surface area contributed by atoms with Gasteiger partial charge < -0.3 is 23.8 Å². The Labute approximate surface area is 154 Å². The first kappa shape index (κ1) is 21.1. The molecule has 0 bridgehead atoms. The van der Waals surface area contributed by atoms with Crippen molar-refractivity contribution in [3.8, 4) is 0 Å². The van der Waals surface area contributed by atoms with Crippen molar-refractivity contribution in [3.63, 3.8) is 0 Å². The van der Waals surface area contributed by atoms with Crippen molar-refractivity contribution >= 4 is 0 Å². The molecule has 3 atom stereocenters. The van der Waals surface area contributed by atoms with Crippen molar-refractivity contribution in [1.82, 2.24) is 4.90 Å². The second kappa shape index (κ2) is 9.14. The van der Waals surface area contributed by atoms with Crippen LogP contribution in [0.1, 0.15) is 59.3 Å². The van der Waals surface area contributed by atoms with Crippen LogP contribution in [0.2, 0.25) is 0 Å². The summed E-state index contributed by atoms with van der Waals surface area (Å²) >= 11 is 0. The molecule has 0 aromatic rings. The van der Waals surface area contributed by atoms with Crippen molar-refractivity contribution in [2.45, 2.75) is 77.5 Å². The largest absolute Gasteiger partial charge is 0.355 e. The lowest BCUT2D eigenvalue weighted by atomic mass is 9.76. The van der Waals surface area contributed by atoms with Gasteiger partial charge in [-0.25, -0.2) is 0 Å². The lowest BCUT2D eigenvalue weighted by Gasteiger charge is -2.31. The quantitative estimate of drug-likeness (QED) is 0.650. The zero-order valence-electron chi connectivity index (χ0n) is 17.2. The van der Waals surface area contributed by atoms with Crippen molar-refractivity contribution in [2.24, 2.45) is 11.3 Å². The van der Waals surface area contributed by atoms with Crippen LogP contribution in [0.3, 0.4) is 0 Å². The van der Waals surface area contributed by atoms with Gasteiger partial charge in [-0.1, -0.05) is 20.8 Å². The molecule has 1 aliphatic carbocycles. The highest BCUT2D eigenvalue weighted by molar-refractivity contribution is 4.86. The smallest absolute Gasteiger partial charge is 0.169 e. The number of rotatable bonds is 7. The molecule has 0 radical (unpaired) electrons. The van der Waals surface area contributed by atoms with Crippen LogP contribution >= 0.6 is 0 Å². The first-order valence-electron chi connectivity index (χ1n) is 9.84. The summed E-state index contributed by atoms with van der Waals surface area (Å²) < 4.78 is 23.2. The zero-order chi connectivity index (χ0) is 18.5. The van der Waals surface area contributed by atoms with Crippen LogP contribution in [0.15, 0.2) is 0 Å². The third-order valence-corrected chi connectivity index (χ3v) is 5.94. The van der Waals surface area contributed by atoms with Gasteiger partial charge in [0.1, 0.15) is 0 Å². The summed E-state index contributed by atoms with van der Waals surface area (Å²) in [7, 11) is 5.45. The van der Waals surface area contributed by atoms with E-state index in [1.807, 2.05) is 0 Å². The van der Waals surface area contributed by atoms with Gasteiger partial charge in [-0.2, -0.15) is 0 Å².